The van der Waals surface area contributed by atoms with Crippen molar-refractivity contribution in [2.45, 2.75) is 6.36 Å². The fourth-order valence-electron chi connectivity index (χ4n) is 2.91. The molecule has 4 rings (SSSR count). The molecule has 7 nitrogen and oxygen atoms in total. The van der Waals surface area contributed by atoms with Gasteiger partial charge >= 0.3 is 6.36 Å². The summed E-state index contributed by atoms with van der Waals surface area (Å²) in [5.41, 5.74) is 0.405. The quantitative estimate of drug-likeness (QED) is 0.417. The second kappa shape index (κ2) is 8.69. The lowest BCUT2D eigenvalue weighted by Gasteiger charge is -2.13. The van der Waals surface area contributed by atoms with Crippen molar-refractivity contribution in [2.24, 2.45) is 5.92 Å². The van der Waals surface area contributed by atoms with E-state index in [0.717, 1.165) is 12.1 Å². The van der Waals surface area contributed by atoms with Crippen LogP contribution in [0, 0.1) is 11.7 Å². The molecule has 1 aliphatic carbocycles. The van der Waals surface area contributed by atoms with E-state index in [0.29, 0.717) is 6.07 Å². The van der Waals surface area contributed by atoms with Gasteiger partial charge in [0.1, 0.15) is 17.4 Å². The van der Waals surface area contributed by atoms with Crippen molar-refractivity contribution in [3.05, 3.63) is 78.5 Å². The van der Waals surface area contributed by atoms with E-state index in [1.165, 1.54) is 36.8 Å². The highest BCUT2D eigenvalue weighted by Crippen LogP contribution is 2.33. The number of rotatable bonds is 6. The molecule has 33 heavy (non-hydrogen) atoms. The predicted molar refractivity (Wildman–Crippen MR) is 110 cm³/mol. The molecule has 168 valence electrons. The molecule has 0 bridgehead atoms. The number of alkyl halides is 3. The Morgan fingerprint density at radius 1 is 0.970 bits per heavy atom. The number of amides is 2. The Morgan fingerprint density at radius 2 is 1.76 bits per heavy atom. The molecule has 0 unspecified atom stereocenters. The van der Waals surface area contributed by atoms with Crippen LogP contribution in [-0.2, 0) is 4.79 Å². The number of halogens is 4. The number of anilines is 2. The summed E-state index contributed by atoms with van der Waals surface area (Å²) in [6.07, 6.45) is 2.41. The number of pyridine rings is 2. The first-order valence-corrected chi connectivity index (χ1v) is 9.46. The van der Waals surface area contributed by atoms with Crippen LogP contribution in [0.25, 0.3) is 11.1 Å². The van der Waals surface area contributed by atoms with Crippen molar-refractivity contribution in [1.29, 1.82) is 0 Å². The summed E-state index contributed by atoms with van der Waals surface area (Å²) in [6.45, 7) is 0. The molecule has 0 fully saturated rings. The monoisotopic (exact) mass is 458 g/mol. The third kappa shape index (κ3) is 5.50. The highest BCUT2D eigenvalue weighted by Gasteiger charge is 2.31. The lowest BCUT2D eigenvalue weighted by Crippen LogP contribution is -2.17. The maximum absolute atomic E-state index is 14.6. The van der Waals surface area contributed by atoms with Gasteiger partial charge in [-0.15, -0.1) is 13.2 Å². The predicted octanol–water partition coefficient (Wildman–Crippen LogP) is 4.56. The zero-order valence-electron chi connectivity index (χ0n) is 16.6. The van der Waals surface area contributed by atoms with Crippen LogP contribution in [0.5, 0.6) is 5.75 Å². The number of hydrogen-bond donors (Lipinski definition) is 2. The minimum atomic E-state index is -4.96. The lowest BCUT2D eigenvalue weighted by atomic mass is 10.0. The van der Waals surface area contributed by atoms with Gasteiger partial charge in [-0.25, -0.2) is 9.37 Å². The van der Waals surface area contributed by atoms with Crippen LogP contribution in [0.4, 0.5) is 29.1 Å². The molecule has 2 aromatic heterocycles. The van der Waals surface area contributed by atoms with E-state index < -0.39 is 23.8 Å². The summed E-state index contributed by atoms with van der Waals surface area (Å²) >= 11 is 0. The van der Waals surface area contributed by atoms with Gasteiger partial charge in [0, 0.05) is 35.2 Å². The Hall–Kier alpha value is -4.28. The minimum Gasteiger partial charge on any atom is -0.406 e. The number of aromatic nitrogens is 2. The average molecular weight is 458 g/mol. The number of carbonyl (C=O) groups excluding carboxylic acids is 2. The van der Waals surface area contributed by atoms with Gasteiger partial charge in [0.2, 0.25) is 5.91 Å². The maximum Gasteiger partial charge on any atom is 0.573 e. The Kier molecular flexibility index (Phi) is 5.78. The summed E-state index contributed by atoms with van der Waals surface area (Å²) in [4.78, 5) is 32.5. The first kappa shape index (κ1) is 21.9. The van der Waals surface area contributed by atoms with Crippen LogP contribution in [0.1, 0.15) is 10.4 Å². The Balaban J connectivity index is 1.55. The van der Waals surface area contributed by atoms with Crippen LogP contribution < -0.4 is 15.4 Å². The van der Waals surface area contributed by atoms with Crippen molar-refractivity contribution >= 4 is 23.3 Å². The van der Waals surface area contributed by atoms with E-state index in [9.17, 15) is 27.2 Å². The van der Waals surface area contributed by atoms with Gasteiger partial charge in [-0.1, -0.05) is 12.2 Å². The highest BCUT2D eigenvalue weighted by atomic mass is 19.4. The van der Waals surface area contributed by atoms with E-state index >= 15 is 0 Å². The second-order valence-electron chi connectivity index (χ2n) is 6.89. The first-order chi connectivity index (χ1) is 15.7. The number of nitrogens with zero attached hydrogens (tertiary/aromatic N) is 2. The minimum absolute atomic E-state index is 0.0677. The molecule has 0 radical (unpaired) electrons. The number of benzene rings is 1. The third-order valence-electron chi connectivity index (χ3n) is 4.49. The number of hydrogen-bond acceptors (Lipinski definition) is 5. The van der Waals surface area contributed by atoms with Crippen molar-refractivity contribution < 1.29 is 31.9 Å². The molecular formula is C22H14F4N4O3. The molecule has 0 spiro atoms. The third-order valence-corrected chi connectivity index (χ3v) is 4.49. The van der Waals surface area contributed by atoms with E-state index in [-0.39, 0.29) is 40.0 Å². The van der Waals surface area contributed by atoms with Crippen LogP contribution in [-0.4, -0.2) is 28.1 Å². The zero-order valence-corrected chi connectivity index (χ0v) is 16.6. The fraction of sp³-hybridized carbons (Fsp3) is 0.0909. The van der Waals surface area contributed by atoms with Crippen LogP contribution >= 0.6 is 0 Å². The van der Waals surface area contributed by atoms with E-state index in [1.54, 1.807) is 12.2 Å². The first-order valence-electron chi connectivity index (χ1n) is 9.46. The van der Waals surface area contributed by atoms with Gasteiger partial charge in [-0.05, 0) is 30.3 Å². The molecule has 0 saturated carbocycles. The van der Waals surface area contributed by atoms with Crippen LogP contribution in [0.2, 0.25) is 0 Å². The second-order valence-corrected chi connectivity index (χ2v) is 6.89. The van der Waals surface area contributed by atoms with E-state index in [2.05, 4.69) is 25.3 Å². The topological polar surface area (TPSA) is 93.2 Å². The van der Waals surface area contributed by atoms with Gasteiger partial charge in [0.25, 0.3) is 5.91 Å². The number of nitrogens with one attached hydrogen (secondary N) is 2. The van der Waals surface area contributed by atoms with Gasteiger partial charge in [0.05, 0.1) is 17.8 Å². The number of carbonyl (C=O) groups is 2. The van der Waals surface area contributed by atoms with Gasteiger partial charge in [0.15, 0.2) is 0 Å². The van der Waals surface area contributed by atoms with Gasteiger partial charge in [-0.3, -0.25) is 14.6 Å². The standard InChI is InChI=1S/C22H14F4N4O3/c23-17-10-14(33-22(24,25)26)3-4-15(17)16-6-7-27-11-18(16)29-21(32)13-5-8-28-19(9-13)30-20(31)12-1-2-12/h1-12H,(H,29,32)(H,28,30,31). The summed E-state index contributed by atoms with van der Waals surface area (Å²) < 4.78 is 55.4. The van der Waals surface area contributed by atoms with Gasteiger partial charge < -0.3 is 15.4 Å². The van der Waals surface area contributed by atoms with Crippen molar-refractivity contribution in [3.8, 4) is 16.9 Å². The average Bonchev–Trinajstić information content (AvgIpc) is 3.59. The van der Waals surface area contributed by atoms with Crippen molar-refractivity contribution in [3.63, 3.8) is 0 Å². The number of ether oxygens (including phenoxy) is 1. The molecule has 2 amide bonds. The van der Waals surface area contributed by atoms with E-state index in [4.69, 9.17) is 0 Å². The molecule has 0 aliphatic heterocycles. The fourth-order valence-corrected chi connectivity index (χ4v) is 2.91. The normalized spacial score (nSPS) is 12.8. The van der Waals surface area contributed by atoms with E-state index in [1.807, 2.05) is 0 Å². The summed E-state index contributed by atoms with van der Waals surface area (Å²) in [5, 5.41) is 5.17. The van der Waals surface area contributed by atoms with Crippen LogP contribution in [0.15, 0.2) is 67.1 Å². The molecular weight excluding hydrogens is 444 g/mol. The van der Waals surface area contributed by atoms with Crippen molar-refractivity contribution in [1.82, 2.24) is 9.97 Å². The Bertz CT molecular complexity index is 1250. The Labute approximate surface area is 184 Å². The SMILES string of the molecule is O=C(Nc1cnccc1-c1ccc(OC(F)(F)F)cc1F)c1ccnc(NC(=O)C2C=C2)c1. The van der Waals surface area contributed by atoms with Gasteiger partial charge in [-0.2, -0.15) is 0 Å². The smallest absolute Gasteiger partial charge is 0.406 e. The van der Waals surface area contributed by atoms with Crippen molar-refractivity contribution in [2.75, 3.05) is 10.6 Å². The molecule has 0 atom stereocenters. The molecule has 3 aromatic rings. The maximum atomic E-state index is 14.6. The molecule has 2 heterocycles. The Morgan fingerprint density at radius 3 is 2.45 bits per heavy atom. The lowest BCUT2D eigenvalue weighted by molar-refractivity contribution is -0.274. The highest BCUT2D eigenvalue weighted by molar-refractivity contribution is 6.07. The largest absolute Gasteiger partial charge is 0.573 e. The summed E-state index contributed by atoms with van der Waals surface area (Å²) in [6, 6.07) is 6.86. The summed E-state index contributed by atoms with van der Waals surface area (Å²) in [5.74, 6) is -2.67. The van der Waals surface area contributed by atoms with Crippen LogP contribution in [0.3, 0.4) is 0 Å². The molecule has 1 aliphatic rings. The molecule has 2 N–H and O–H groups in total. The zero-order chi connectivity index (χ0) is 23.6. The molecule has 11 heteroatoms. The molecule has 0 saturated heterocycles. The molecule has 1 aromatic carbocycles. The summed E-state index contributed by atoms with van der Waals surface area (Å²) in [7, 11) is 0.